The van der Waals surface area contributed by atoms with E-state index in [1.165, 1.54) is 24.3 Å². The summed E-state index contributed by atoms with van der Waals surface area (Å²) >= 11 is 0. The Morgan fingerprint density at radius 1 is 0.488 bits per heavy atom. The largest absolute Gasteiger partial charge is 0.490 e. The van der Waals surface area contributed by atoms with Crippen LogP contribution in [0.3, 0.4) is 0 Å². The zero-order valence-corrected chi connectivity index (χ0v) is 49.3. The van der Waals surface area contributed by atoms with E-state index in [1.807, 2.05) is 53.7 Å². The van der Waals surface area contributed by atoms with Crippen LogP contribution in [0, 0.1) is 5.41 Å². The molecule has 2 saturated heterocycles. The Hall–Kier alpha value is -5.52. The molecule has 2 N–H and O–H groups in total. The number of carboxylic acid groups (broad SMARTS) is 2. The standard InChI is InChI=1S/C31H42F3NO4S.C26H32F3NO4S.C2HF3O2/c1-28(2,3)22-39-27(36)30(18-20-35(21-19-30)29(4,5)6)40(37,38)26-15-13-25(14-16-26)24-11-9-23(10-12-24)8-7-17-31(32,33)34;1-24(2,3)30-17-15-25(16-18-30,23(31)32)35(33,34)22-12-10-21(11-13-22)20-8-6-19(7-9-20)5-4-14-26(27,28)29;3-2(4,5)1(6)7/h9-16H,7-8,17-22H2,1-6H3;6-13H,4-5,14-18H2,1-3H3,(H,31,32);(H,6,7). The number of benzene rings is 4. The molecule has 0 amide bonds. The first kappa shape index (κ1) is 69.0. The fraction of sp³-hybridized carbons (Fsp3) is 0.542. The van der Waals surface area contributed by atoms with Gasteiger partial charge in [-0.1, -0.05) is 93.6 Å². The molecule has 2 fully saturated rings. The number of halogens is 9. The number of alkyl halides is 9. The minimum atomic E-state index is -5.08. The summed E-state index contributed by atoms with van der Waals surface area (Å²) in [6, 6.07) is 26.9. The number of aliphatic carboxylic acids is 2. The average Bonchev–Trinajstić information content (AvgIpc) is 2.43. The first-order valence-electron chi connectivity index (χ1n) is 26.7. The van der Waals surface area contributed by atoms with Crippen molar-refractivity contribution in [1.82, 2.24) is 9.80 Å². The summed E-state index contributed by atoms with van der Waals surface area (Å²) in [7, 11) is -8.22. The third kappa shape index (κ3) is 18.7. The molecule has 0 atom stereocenters. The van der Waals surface area contributed by atoms with Crippen molar-refractivity contribution in [3.63, 3.8) is 0 Å². The molecular weight excluding hydrogens is 1130 g/mol. The number of esters is 1. The van der Waals surface area contributed by atoms with Gasteiger partial charge in [-0.3, -0.25) is 19.4 Å². The smallest absolute Gasteiger partial charge is 0.480 e. The fourth-order valence-corrected chi connectivity index (χ4v) is 13.3. The second kappa shape index (κ2) is 26.6. The Balaban J connectivity index is 0.000000317. The molecular formula is C59H75F9N2O10S2. The average molecular weight is 1210 g/mol. The molecule has 4 aromatic rings. The summed E-state index contributed by atoms with van der Waals surface area (Å²) < 4.78 is 163. The van der Waals surface area contributed by atoms with Crippen molar-refractivity contribution in [3.05, 3.63) is 108 Å². The van der Waals surface area contributed by atoms with Crippen LogP contribution in [0.2, 0.25) is 0 Å². The van der Waals surface area contributed by atoms with Crippen LogP contribution < -0.4 is 0 Å². The zero-order valence-electron chi connectivity index (χ0n) is 47.6. The van der Waals surface area contributed by atoms with Crippen LogP contribution in [0.4, 0.5) is 39.5 Å². The molecule has 0 spiro atoms. The third-order valence-electron chi connectivity index (χ3n) is 14.5. The van der Waals surface area contributed by atoms with Crippen molar-refractivity contribution in [3.8, 4) is 22.3 Å². The van der Waals surface area contributed by atoms with Gasteiger partial charge < -0.3 is 14.9 Å². The van der Waals surface area contributed by atoms with Crippen LogP contribution in [0.25, 0.3) is 22.3 Å². The quantitative estimate of drug-likeness (QED) is 0.0852. The van der Waals surface area contributed by atoms with E-state index in [4.69, 9.17) is 14.6 Å². The first-order valence-corrected chi connectivity index (χ1v) is 29.6. The normalized spacial score (nSPS) is 16.7. The van der Waals surface area contributed by atoms with E-state index in [2.05, 4.69) is 30.6 Å². The van der Waals surface area contributed by atoms with Gasteiger partial charge in [0.15, 0.2) is 29.2 Å². The molecule has 23 heteroatoms. The van der Waals surface area contributed by atoms with Gasteiger partial charge in [0.25, 0.3) is 0 Å². The number of piperidine rings is 2. The van der Waals surface area contributed by atoms with E-state index in [-0.39, 0.29) is 71.4 Å². The molecule has 0 aromatic heterocycles. The van der Waals surface area contributed by atoms with Crippen molar-refractivity contribution >= 4 is 37.6 Å². The van der Waals surface area contributed by atoms with Crippen LogP contribution in [0.15, 0.2) is 107 Å². The van der Waals surface area contributed by atoms with Gasteiger partial charge in [0.2, 0.25) is 0 Å². The van der Waals surface area contributed by atoms with E-state index < -0.39 is 78.4 Å². The van der Waals surface area contributed by atoms with Crippen molar-refractivity contribution < 1.29 is 85.7 Å². The van der Waals surface area contributed by atoms with Crippen LogP contribution >= 0.6 is 0 Å². The monoisotopic (exact) mass is 1210 g/mol. The first-order chi connectivity index (χ1) is 37.4. The molecule has 0 radical (unpaired) electrons. The number of carbonyl (C=O) groups is 3. The fourth-order valence-electron chi connectivity index (χ4n) is 9.49. The molecule has 0 bridgehead atoms. The molecule has 12 nitrogen and oxygen atoms in total. The van der Waals surface area contributed by atoms with E-state index in [1.54, 1.807) is 60.7 Å². The molecule has 82 heavy (non-hydrogen) atoms. The molecule has 456 valence electrons. The van der Waals surface area contributed by atoms with Crippen LogP contribution in [-0.2, 0) is 51.6 Å². The van der Waals surface area contributed by atoms with E-state index >= 15 is 0 Å². The predicted molar refractivity (Wildman–Crippen MR) is 294 cm³/mol. The molecule has 0 unspecified atom stereocenters. The molecule has 2 aliphatic heterocycles. The van der Waals surface area contributed by atoms with Gasteiger partial charge >= 0.3 is 36.4 Å². The second-order valence-electron chi connectivity index (χ2n) is 23.9. The Morgan fingerprint density at radius 2 is 0.768 bits per heavy atom. The van der Waals surface area contributed by atoms with Gasteiger partial charge in [-0.15, -0.1) is 0 Å². The summed E-state index contributed by atoms with van der Waals surface area (Å²) in [6.45, 7) is 19.8. The van der Waals surface area contributed by atoms with E-state index in [0.717, 1.165) is 33.4 Å². The molecule has 4 aromatic carbocycles. The van der Waals surface area contributed by atoms with Crippen molar-refractivity contribution in [2.75, 3.05) is 32.8 Å². The number of rotatable bonds is 15. The maximum Gasteiger partial charge on any atom is 0.490 e. The van der Waals surface area contributed by atoms with Gasteiger partial charge in [0.05, 0.1) is 16.4 Å². The molecule has 2 heterocycles. The SMILES string of the molecule is CC(C)(C)COC(=O)C1(S(=O)(=O)c2ccc(-c3ccc(CCCC(F)(F)F)cc3)cc2)CCN(C(C)(C)C)CC1.CC(C)(C)N1CCC(C(=O)O)(S(=O)(=O)c2ccc(-c3ccc(CCCC(F)(F)F)cc3)cc2)CC1.O=C(O)C(F)(F)F. The Kier molecular flexibility index (Phi) is 22.4. The van der Waals surface area contributed by atoms with Gasteiger partial charge in [-0.25, -0.2) is 21.6 Å². The lowest BCUT2D eigenvalue weighted by atomic mass is 9.92. The topological polar surface area (TPSA) is 176 Å². The zero-order chi connectivity index (χ0) is 62.1. The number of sulfone groups is 2. The van der Waals surface area contributed by atoms with Gasteiger partial charge in [0, 0.05) is 50.1 Å². The molecule has 0 saturated carbocycles. The summed E-state index contributed by atoms with van der Waals surface area (Å²) in [6.07, 6.45) is -14.0. The third-order valence-corrected chi connectivity index (χ3v) is 19.5. The summed E-state index contributed by atoms with van der Waals surface area (Å²) in [5, 5.41) is 17.1. The van der Waals surface area contributed by atoms with E-state index in [9.17, 15) is 71.0 Å². The van der Waals surface area contributed by atoms with Gasteiger partial charge in [-0.05, 0) is 156 Å². The Bertz CT molecular complexity index is 2980. The Morgan fingerprint density at radius 3 is 1.02 bits per heavy atom. The lowest BCUT2D eigenvalue weighted by molar-refractivity contribution is -0.192. The summed E-state index contributed by atoms with van der Waals surface area (Å²) in [5.74, 6) is -4.77. The number of nitrogens with zero attached hydrogens (tertiary/aromatic N) is 2. The van der Waals surface area contributed by atoms with Crippen molar-refractivity contribution in [1.29, 1.82) is 0 Å². The number of hydrogen-bond donors (Lipinski definition) is 2. The number of ether oxygens (including phenoxy) is 1. The van der Waals surface area contributed by atoms with Crippen LogP contribution in [-0.4, -0.2) is 127 Å². The number of carbonyl (C=O) groups excluding carboxylic acids is 1. The van der Waals surface area contributed by atoms with Gasteiger partial charge in [0.1, 0.15) is 0 Å². The molecule has 6 rings (SSSR count). The second-order valence-corrected chi connectivity index (χ2v) is 28.5. The van der Waals surface area contributed by atoms with Crippen molar-refractivity contribution in [2.45, 2.75) is 175 Å². The Labute approximate surface area is 475 Å². The highest BCUT2D eigenvalue weighted by Gasteiger charge is 2.56. The predicted octanol–water partition coefficient (Wildman–Crippen LogP) is 13.6. The summed E-state index contributed by atoms with van der Waals surface area (Å²) in [4.78, 5) is 39.0. The lowest BCUT2D eigenvalue weighted by Gasteiger charge is -2.44. The highest BCUT2D eigenvalue weighted by molar-refractivity contribution is 7.94. The maximum atomic E-state index is 14.1. The number of aryl methyl sites for hydroxylation is 2. The van der Waals surface area contributed by atoms with Crippen LogP contribution in [0.5, 0.6) is 0 Å². The van der Waals surface area contributed by atoms with E-state index in [0.29, 0.717) is 39.0 Å². The minimum absolute atomic E-state index is 0.0134. The number of likely N-dealkylation sites (tertiary alicyclic amines) is 2. The lowest BCUT2D eigenvalue weighted by Crippen LogP contribution is -2.58. The minimum Gasteiger partial charge on any atom is -0.480 e. The number of hydrogen-bond acceptors (Lipinski definition) is 10. The summed E-state index contributed by atoms with van der Waals surface area (Å²) in [5.41, 5.74) is 4.09. The van der Waals surface area contributed by atoms with Gasteiger partial charge in [-0.2, -0.15) is 39.5 Å². The maximum absolute atomic E-state index is 14.1. The van der Waals surface area contributed by atoms with Crippen molar-refractivity contribution in [2.24, 2.45) is 5.41 Å². The molecule has 2 aliphatic rings. The van der Waals surface area contributed by atoms with Crippen LogP contribution in [0.1, 0.15) is 125 Å². The molecule has 0 aliphatic carbocycles. The number of carboxylic acids is 2. The highest BCUT2D eigenvalue weighted by Crippen LogP contribution is 2.41. The highest BCUT2D eigenvalue weighted by atomic mass is 32.2.